The van der Waals surface area contributed by atoms with Gasteiger partial charge in [-0.2, -0.15) is 0 Å². The molecule has 6 heteroatoms. The van der Waals surface area contributed by atoms with Crippen LogP contribution in [0.1, 0.15) is 35.8 Å². The summed E-state index contributed by atoms with van der Waals surface area (Å²) in [4.78, 5) is 11.6. The van der Waals surface area contributed by atoms with E-state index in [1.165, 1.54) is 0 Å². The highest BCUT2D eigenvalue weighted by molar-refractivity contribution is 7.80. The molecule has 2 aromatic rings. The second kappa shape index (κ2) is 9.03. The third-order valence-electron chi connectivity index (χ3n) is 3.62. The Labute approximate surface area is 153 Å². The molecule has 0 aliphatic rings. The second-order valence-electron chi connectivity index (χ2n) is 5.39. The Morgan fingerprint density at radius 2 is 1.76 bits per heavy atom. The number of benzene rings is 2. The highest BCUT2D eigenvalue weighted by atomic mass is 32.1. The van der Waals surface area contributed by atoms with Gasteiger partial charge in [0.05, 0.1) is 25.3 Å². The Morgan fingerprint density at radius 1 is 1.12 bits per heavy atom. The predicted octanol–water partition coefficient (Wildman–Crippen LogP) is 3.92. The summed E-state index contributed by atoms with van der Waals surface area (Å²) in [7, 11) is 1.64. The molecule has 132 valence electrons. The fraction of sp³-hybridized carbons (Fsp3) is 0.263. The molecule has 2 rings (SSSR count). The van der Waals surface area contributed by atoms with Crippen molar-refractivity contribution >= 4 is 29.0 Å². The minimum Gasteiger partial charge on any atom is -0.497 e. The van der Waals surface area contributed by atoms with Crippen molar-refractivity contribution in [2.45, 2.75) is 19.9 Å². The van der Waals surface area contributed by atoms with Gasteiger partial charge in [-0.3, -0.25) is 0 Å². The summed E-state index contributed by atoms with van der Waals surface area (Å²) >= 11 is 5.35. The van der Waals surface area contributed by atoms with E-state index in [2.05, 4.69) is 10.6 Å². The van der Waals surface area contributed by atoms with E-state index < -0.39 is 0 Å². The summed E-state index contributed by atoms with van der Waals surface area (Å²) < 4.78 is 10.1. The first kappa shape index (κ1) is 18.7. The van der Waals surface area contributed by atoms with Gasteiger partial charge in [0.2, 0.25) is 0 Å². The number of carbonyl (C=O) groups excluding carboxylic acids is 1. The van der Waals surface area contributed by atoms with Gasteiger partial charge < -0.3 is 20.1 Å². The van der Waals surface area contributed by atoms with E-state index in [9.17, 15) is 4.79 Å². The SMILES string of the molecule is CCOC(=O)c1ccc(NC(=S)N[C@@H](C)c2ccc(OC)cc2)cc1. The molecule has 2 aromatic carbocycles. The van der Waals surface area contributed by atoms with Crippen LogP contribution in [-0.4, -0.2) is 24.8 Å². The van der Waals surface area contributed by atoms with E-state index in [0.717, 1.165) is 17.0 Å². The zero-order valence-electron chi connectivity index (χ0n) is 14.5. The van der Waals surface area contributed by atoms with Gasteiger partial charge in [-0.15, -0.1) is 0 Å². The van der Waals surface area contributed by atoms with Crippen LogP contribution in [-0.2, 0) is 4.74 Å². The molecule has 0 bridgehead atoms. The van der Waals surface area contributed by atoms with Crippen molar-refractivity contribution in [2.75, 3.05) is 19.0 Å². The molecule has 0 fully saturated rings. The van der Waals surface area contributed by atoms with Crippen LogP contribution in [0, 0.1) is 0 Å². The van der Waals surface area contributed by atoms with Gasteiger partial charge in [0, 0.05) is 5.69 Å². The molecule has 5 nitrogen and oxygen atoms in total. The third-order valence-corrected chi connectivity index (χ3v) is 3.84. The first-order valence-electron chi connectivity index (χ1n) is 8.02. The first-order chi connectivity index (χ1) is 12.0. The second-order valence-corrected chi connectivity index (χ2v) is 5.80. The molecular weight excluding hydrogens is 336 g/mol. The smallest absolute Gasteiger partial charge is 0.338 e. The zero-order valence-corrected chi connectivity index (χ0v) is 15.4. The number of thiocarbonyl (C=S) groups is 1. The quantitative estimate of drug-likeness (QED) is 0.603. The van der Waals surface area contributed by atoms with Gasteiger partial charge in [-0.25, -0.2) is 4.79 Å². The fourth-order valence-electron chi connectivity index (χ4n) is 2.24. The highest BCUT2D eigenvalue weighted by Crippen LogP contribution is 2.17. The highest BCUT2D eigenvalue weighted by Gasteiger charge is 2.09. The average Bonchev–Trinajstić information content (AvgIpc) is 2.62. The Kier molecular flexibility index (Phi) is 6.77. The molecule has 0 aliphatic heterocycles. The molecule has 2 N–H and O–H groups in total. The number of methoxy groups -OCH3 is 1. The summed E-state index contributed by atoms with van der Waals surface area (Å²) in [5.41, 5.74) is 2.41. The van der Waals surface area contributed by atoms with Gasteiger partial charge in [-0.1, -0.05) is 12.1 Å². The van der Waals surface area contributed by atoms with Crippen molar-refractivity contribution in [1.29, 1.82) is 0 Å². The maximum atomic E-state index is 11.6. The van der Waals surface area contributed by atoms with Crippen LogP contribution in [0.2, 0.25) is 0 Å². The van der Waals surface area contributed by atoms with Gasteiger partial charge in [-0.05, 0) is 68.0 Å². The number of ether oxygens (including phenoxy) is 2. The number of rotatable bonds is 6. The van der Waals surface area contributed by atoms with E-state index >= 15 is 0 Å². The molecule has 0 radical (unpaired) electrons. The van der Waals surface area contributed by atoms with Crippen molar-refractivity contribution in [3.8, 4) is 5.75 Å². The van der Waals surface area contributed by atoms with Crippen LogP contribution in [0.15, 0.2) is 48.5 Å². The summed E-state index contributed by atoms with van der Waals surface area (Å²) in [6.45, 7) is 4.16. The van der Waals surface area contributed by atoms with Crippen LogP contribution in [0.4, 0.5) is 5.69 Å². The van der Waals surface area contributed by atoms with E-state index in [4.69, 9.17) is 21.7 Å². The van der Waals surface area contributed by atoms with Crippen molar-refractivity contribution in [2.24, 2.45) is 0 Å². The van der Waals surface area contributed by atoms with E-state index in [1.807, 2.05) is 31.2 Å². The zero-order chi connectivity index (χ0) is 18.2. The lowest BCUT2D eigenvalue weighted by molar-refractivity contribution is 0.0526. The fourth-order valence-corrected chi connectivity index (χ4v) is 2.54. The third kappa shape index (κ3) is 5.46. The van der Waals surface area contributed by atoms with Gasteiger partial charge in [0.1, 0.15) is 5.75 Å². The molecule has 0 heterocycles. The first-order valence-corrected chi connectivity index (χ1v) is 8.43. The van der Waals surface area contributed by atoms with Crippen molar-refractivity contribution < 1.29 is 14.3 Å². The molecule has 0 spiro atoms. The Hall–Kier alpha value is -2.60. The van der Waals surface area contributed by atoms with Crippen molar-refractivity contribution in [1.82, 2.24) is 5.32 Å². The standard InChI is InChI=1S/C19H22N2O3S/c1-4-24-18(22)15-5-9-16(10-6-15)21-19(25)20-13(2)14-7-11-17(23-3)12-8-14/h5-13H,4H2,1-3H3,(H2,20,21,25)/t13-/m0/s1. The average molecular weight is 358 g/mol. The number of esters is 1. The van der Waals surface area contributed by atoms with Gasteiger partial charge in [0.15, 0.2) is 5.11 Å². The summed E-state index contributed by atoms with van der Waals surface area (Å²) in [6, 6.07) is 14.9. The van der Waals surface area contributed by atoms with Crippen molar-refractivity contribution in [3.05, 3.63) is 59.7 Å². The van der Waals surface area contributed by atoms with E-state index in [-0.39, 0.29) is 12.0 Å². The lowest BCUT2D eigenvalue weighted by Crippen LogP contribution is -2.30. The van der Waals surface area contributed by atoms with Gasteiger partial charge in [0.25, 0.3) is 0 Å². The number of hydrogen-bond acceptors (Lipinski definition) is 4. The van der Waals surface area contributed by atoms with Crippen molar-refractivity contribution in [3.63, 3.8) is 0 Å². The Bertz CT molecular complexity index is 714. The number of nitrogens with one attached hydrogen (secondary N) is 2. The molecule has 0 amide bonds. The molecule has 0 aliphatic carbocycles. The number of hydrogen-bond donors (Lipinski definition) is 2. The van der Waals surface area contributed by atoms with Gasteiger partial charge >= 0.3 is 5.97 Å². The molecule has 0 aromatic heterocycles. The number of anilines is 1. The minimum absolute atomic E-state index is 0.0460. The normalized spacial score (nSPS) is 11.3. The van der Waals surface area contributed by atoms with Crippen LogP contribution in [0.3, 0.4) is 0 Å². The van der Waals surface area contributed by atoms with Crippen LogP contribution < -0.4 is 15.4 Å². The maximum Gasteiger partial charge on any atom is 0.338 e. The molecule has 25 heavy (non-hydrogen) atoms. The monoisotopic (exact) mass is 358 g/mol. The Morgan fingerprint density at radius 3 is 2.32 bits per heavy atom. The lowest BCUT2D eigenvalue weighted by Gasteiger charge is -2.18. The molecule has 0 unspecified atom stereocenters. The molecular formula is C19H22N2O3S. The number of carbonyl (C=O) groups is 1. The van der Waals surface area contributed by atoms with Crippen LogP contribution in [0.5, 0.6) is 5.75 Å². The lowest BCUT2D eigenvalue weighted by atomic mass is 10.1. The molecule has 0 saturated carbocycles. The van der Waals surface area contributed by atoms with E-state index in [0.29, 0.717) is 17.3 Å². The maximum absolute atomic E-state index is 11.6. The topological polar surface area (TPSA) is 59.6 Å². The predicted molar refractivity (Wildman–Crippen MR) is 103 cm³/mol. The Balaban J connectivity index is 1.91. The summed E-state index contributed by atoms with van der Waals surface area (Å²) in [6.07, 6.45) is 0. The largest absolute Gasteiger partial charge is 0.497 e. The minimum atomic E-state index is -0.331. The van der Waals surface area contributed by atoms with E-state index in [1.54, 1.807) is 38.3 Å². The molecule has 1 atom stereocenters. The van der Waals surface area contributed by atoms with Crippen LogP contribution in [0.25, 0.3) is 0 Å². The molecule has 0 saturated heterocycles. The summed E-state index contributed by atoms with van der Waals surface area (Å²) in [5.74, 6) is 0.487. The summed E-state index contributed by atoms with van der Waals surface area (Å²) in [5, 5.41) is 6.84. The van der Waals surface area contributed by atoms with Crippen LogP contribution >= 0.6 is 12.2 Å².